The fourth-order valence-corrected chi connectivity index (χ4v) is 5.44. The molecule has 0 spiro atoms. The van der Waals surface area contributed by atoms with E-state index in [4.69, 9.17) is 28.4 Å². The summed E-state index contributed by atoms with van der Waals surface area (Å²) in [7, 11) is 1.36. The van der Waals surface area contributed by atoms with E-state index in [-0.39, 0.29) is 6.61 Å². The summed E-state index contributed by atoms with van der Waals surface area (Å²) in [6.45, 7) is 1.81. The van der Waals surface area contributed by atoms with Crippen LogP contribution in [0.1, 0.15) is 28.7 Å². The highest BCUT2D eigenvalue weighted by molar-refractivity contribution is 5.81. The molecule has 1 aliphatic heterocycles. The summed E-state index contributed by atoms with van der Waals surface area (Å²) in [5.41, 5.74) is 4.18. The quantitative estimate of drug-likeness (QED) is 0.100. The van der Waals surface area contributed by atoms with Crippen LogP contribution in [0.3, 0.4) is 0 Å². The third-order valence-electron chi connectivity index (χ3n) is 7.80. The zero-order valence-electron chi connectivity index (χ0n) is 26.2. The Bertz CT molecular complexity index is 1450. The first-order chi connectivity index (χ1) is 22.7. The molecule has 0 aliphatic carbocycles. The number of hydrogen-bond donors (Lipinski definition) is 0. The van der Waals surface area contributed by atoms with Gasteiger partial charge < -0.3 is 28.4 Å². The molecule has 0 N–H and O–H groups in total. The topological polar surface area (TPSA) is 72.5 Å². The van der Waals surface area contributed by atoms with Gasteiger partial charge in [-0.3, -0.25) is 0 Å². The second-order valence-corrected chi connectivity index (χ2v) is 11.2. The molecular formula is C39H42O7. The van der Waals surface area contributed by atoms with Crippen molar-refractivity contribution in [2.24, 2.45) is 0 Å². The van der Waals surface area contributed by atoms with Gasteiger partial charge in [-0.05, 0) is 28.7 Å². The number of rotatable bonds is 16. The molecule has 0 radical (unpaired) electrons. The van der Waals surface area contributed by atoms with Crippen LogP contribution in [0.2, 0.25) is 0 Å². The van der Waals surface area contributed by atoms with E-state index in [1.54, 1.807) is 6.08 Å². The van der Waals surface area contributed by atoms with Crippen LogP contribution in [-0.4, -0.2) is 50.2 Å². The second-order valence-electron chi connectivity index (χ2n) is 11.2. The summed E-state index contributed by atoms with van der Waals surface area (Å²) in [6.07, 6.45) is 1.11. The maximum absolute atomic E-state index is 11.9. The summed E-state index contributed by atoms with van der Waals surface area (Å²) in [5.74, 6) is -0.429. The van der Waals surface area contributed by atoms with Crippen LogP contribution in [-0.2, 0) is 59.6 Å². The zero-order valence-corrected chi connectivity index (χ0v) is 26.2. The smallest absolute Gasteiger partial charge is 0.330 e. The molecule has 46 heavy (non-hydrogen) atoms. The van der Waals surface area contributed by atoms with Gasteiger partial charge in [0.2, 0.25) is 0 Å². The first-order valence-electron chi connectivity index (χ1n) is 15.7. The Hall–Kier alpha value is -4.11. The van der Waals surface area contributed by atoms with Crippen molar-refractivity contribution in [3.05, 3.63) is 156 Å². The molecule has 4 aromatic carbocycles. The lowest BCUT2D eigenvalue weighted by molar-refractivity contribution is -0.271. The number of carbonyl (C=O) groups is 1. The van der Waals surface area contributed by atoms with Gasteiger partial charge in [0.05, 0.1) is 46.2 Å². The SMILES string of the molecule is COC(=O)/C=C/C[C@H]1O[C@H](COCc2ccccc2)[C@@H](OCc2ccccc2)[C@H](OCc2ccccc2)[C@@H]1OCc1ccccc1. The number of esters is 1. The Kier molecular flexibility index (Phi) is 13.1. The van der Waals surface area contributed by atoms with Crippen LogP contribution in [0, 0.1) is 0 Å². The fourth-order valence-electron chi connectivity index (χ4n) is 5.44. The predicted molar refractivity (Wildman–Crippen MR) is 176 cm³/mol. The molecule has 1 saturated heterocycles. The van der Waals surface area contributed by atoms with Crippen LogP contribution in [0.4, 0.5) is 0 Å². The summed E-state index contributed by atoms with van der Waals surface area (Å²) < 4.78 is 37.9. The van der Waals surface area contributed by atoms with E-state index in [1.165, 1.54) is 13.2 Å². The molecular weight excluding hydrogens is 580 g/mol. The van der Waals surface area contributed by atoms with E-state index in [0.717, 1.165) is 22.3 Å². The molecule has 4 aromatic rings. The zero-order chi connectivity index (χ0) is 31.8. The molecule has 0 unspecified atom stereocenters. The highest BCUT2D eigenvalue weighted by Crippen LogP contribution is 2.32. The van der Waals surface area contributed by atoms with Gasteiger partial charge in [0.25, 0.3) is 0 Å². The molecule has 5 atom stereocenters. The van der Waals surface area contributed by atoms with E-state index < -0.39 is 36.5 Å². The Labute approximate surface area is 271 Å². The van der Waals surface area contributed by atoms with Gasteiger partial charge in [-0.15, -0.1) is 0 Å². The van der Waals surface area contributed by atoms with Gasteiger partial charge in [0.1, 0.15) is 24.4 Å². The van der Waals surface area contributed by atoms with Gasteiger partial charge in [-0.2, -0.15) is 0 Å². The first-order valence-corrected chi connectivity index (χ1v) is 15.7. The van der Waals surface area contributed by atoms with Crippen LogP contribution in [0.5, 0.6) is 0 Å². The molecule has 7 nitrogen and oxygen atoms in total. The molecule has 0 bridgehead atoms. The molecule has 7 heteroatoms. The van der Waals surface area contributed by atoms with Crippen molar-refractivity contribution < 1.29 is 33.2 Å². The largest absolute Gasteiger partial charge is 0.466 e. The number of carbonyl (C=O) groups excluding carboxylic acids is 1. The van der Waals surface area contributed by atoms with Crippen LogP contribution >= 0.6 is 0 Å². The molecule has 5 rings (SSSR count). The number of methoxy groups -OCH3 is 1. The van der Waals surface area contributed by atoms with Crippen molar-refractivity contribution in [3.63, 3.8) is 0 Å². The highest BCUT2D eigenvalue weighted by Gasteiger charge is 2.48. The third-order valence-corrected chi connectivity index (χ3v) is 7.80. The average molecular weight is 623 g/mol. The van der Waals surface area contributed by atoms with Gasteiger partial charge in [-0.25, -0.2) is 4.79 Å². The fraction of sp³-hybridized carbons (Fsp3) is 0.308. The lowest BCUT2D eigenvalue weighted by Crippen LogP contribution is -2.61. The molecule has 240 valence electrons. The Morgan fingerprint density at radius 2 is 1.00 bits per heavy atom. The second kappa shape index (κ2) is 18.1. The van der Waals surface area contributed by atoms with Crippen molar-refractivity contribution in [2.75, 3.05) is 13.7 Å². The average Bonchev–Trinajstić information content (AvgIpc) is 3.11. The maximum Gasteiger partial charge on any atom is 0.330 e. The van der Waals surface area contributed by atoms with Gasteiger partial charge in [0, 0.05) is 6.08 Å². The molecule has 1 aliphatic rings. The third kappa shape index (κ3) is 10.2. The van der Waals surface area contributed by atoms with Crippen LogP contribution in [0.15, 0.2) is 133 Å². The molecule has 0 aromatic heterocycles. The van der Waals surface area contributed by atoms with Gasteiger partial charge >= 0.3 is 5.97 Å². The van der Waals surface area contributed by atoms with Gasteiger partial charge in [0.15, 0.2) is 0 Å². The maximum atomic E-state index is 11.9. The van der Waals surface area contributed by atoms with Crippen molar-refractivity contribution in [2.45, 2.75) is 63.4 Å². The number of hydrogen-bond acceptors (Lipinski definition) is 7. The summed E-state index contributed by atoms with van der Waals surface area (Å²) in [5, 5.41) is 0. The minimum absolute atomic E-state index is 0.280. The van der Waals surface area contributed by atoms with E-state index >= 15 is 0 Å². The monoisotopic (exact) mass is 622 g/mol. The standard InChI is InChI=1S/C39H42O7/c1-41-36(40)24-14-23-34-37(43-26-31-17-8-3-9-18-31)39(45-28-33-21-12-5-13-22-33)38(44-27-32-19-10-4-11-20-32)35(46-34)29-42-25-30-15-6-2-7-16-30/h2-22,24,34-35,37-39H,23,25-29H2,1H3/b24-14+/t34-,35-,37-,38-,39-/m1/s1. The van der Waals surface area contributed by atoms with Crippen molar-refractivity contribution >= 4 is 5.97 Å². The van der Waals surface area contributed by atoms with Crippen LogP contribution in [0.25, 0.3) is 0 Å². The molecule has 0 saturated carbocycles. The Balaban J connectivity index is 1.44. The predicted octanol–water partition coefficient (Wildman–Crippen LogP) is 6.85. The Morgan fingerprint density at radius 3 is 1.46 bits per heavy atom. The van der Waals surface area contributed by atoms with E-state index in [9.17, 15) is 4.79 Å². The normalized spacial score (nSPS) is 21.3. The van der Waals surface area contributed by atoms with Crippen LogP contribution < -0.4 is 0 Å². The number of benzene rings is 4. The lowest BCUT2D eigenvalue weighted by atomic mass is 9.92. The summed E-state index contributed by atoms with van der Waals surface area (Å²) in [4.78, 5) is 11.9. The first kappa shape index (κ1) is 33.3. The van der Waals surface area contributed by atoms with E-state index in [1.807, 2.05) is 121 Å². The van der Waals surface area contributed by atoms with Crippen molar-refractivity contribution in [1.29, 1.82) is 0 Å². The highest BCUT2D eigenvalue weighted by atomic mass is 16.6. The van der Waals surface area contributed by atoms with E-state index in [0.29, 0.717) is 32.8 Å². The van der Waals surface area contributed by atoms with E-state index in [2.05, 4.69) is 0 Å². The molecule has 0 amide bonds. The summed E-state index contributed by atoms with van der Waals surface area (Å²) in [6, 6.07) is 40.1. The minimum Gasteiger partial charge on any atom is -0.466 e. The Morgan fingerprint density at radius 1 is 0.587 bits per heavy atom. The van der Waals surface area contributed by atoms with Gasteiger partial charge in [-0.1, -0.05) is 127 Å². The number of ether oxygens (including phenoxy) is 6. The lowest BCUT2D eigenvalue weighted by Gasteiger charge is -2.46. The summed E-state index contributed by atoms with van der Waals surface area (Å²) >= 11 is 0. The minimum atomic E-state index is -0.516. The van der Waals surface area contributed by atoms with Crippen molar-refractivity contribution in [1.82, 2.24) is 0 Å². The molecule has 1 fully saturated rings. The molecule has 1 heterocycles. The van der Waals surface area contributed by atoms with Crippen molar-refractivity contribution in [3.8, 4) is 0 Å².